The Balaban J connectivity index is 1.80. The highest BCUT2D eigenvalue weighted by Crippen LogP contribution is 2.45. The molecular weight excluding hydrogens is 403 g/mol. The third-order valence-electron chi connectivity index (χ3n) is 5.70. The Morgan fingerprint density at radius 3 is 2.55 bits per heavy atom. The highest BCUT2D eigenvalue weighted by molar-refractivity contribution is 5.86. The molecule has 1 aliphatic rings. The molecule has 0 unspecified atom stereocenters. The minimum Gasteiger partial charge on any atom is -0.502 e. The smallest absolute Gasteiger partial charge is 0.203 e. The van der Waals surface area contributed by atoms with Crippen molar-refractivity contribution in [1.29, 1.82) is 0 Å². The van der Waals surface area contributed by atoms with E-state index in [0.717, 1.165) is 16.6 Å². The largest absolute Gasteiger partial charge is 0.502 e. The number of halogens is 1. The molecule has 3 heterocycles. The standard InChI is InChI=1S/C22H21FN4O4/c1-22(10-31-11-22)27-16-6-12(13-8-24-26(2)9-13)4-5-15(16)25-21(27)14-7-17(30-3)19(28)20(29)18(14)23/h4-9,28-29H,10-11H2,1-3H3. The molecule has 1 aliphatic heterocycles. The lowest BCUT2D eigenvalue weighted by Crippen LogP contribution is -2.49. The zero-order chi connectivity index (χ0) is 21.9. The van der Waals surface area contributed by atoms with E-state index in [2.05, 4.69) is 10.1 Å². The van der Waals surface area contributed by atoms with Crippen molar-refractivity contribution in [2.45, 2.75) is 12.5 Å². The average Bonchev–Trinajstić information content (AvgIpc) is 3.34. The first-order valence-corrected chi connectivity index (χ1v) is 9.71. The van der Waals surface area contributed by atoms with Gasteiger partial charge in [0.2, 0.25) is 5.75 Å². The van der Waals surface area contributed by atoms with E-state index in [0.29, 0.717) is 24.6 Å². The monoisotopic (exact) mass is 424 g/mol. The Bertz CT molecular complexity index is 1320. The molecule has 8 nitrogen and oxygen atoms in total. The van der Waals surface area contributed by atoms with Crippen LogP contribution < -0.4 is 4.74 Å². The Morgan fingerprint density at radius 2 is 1.94 bits per heavy atom. The second kappa shape index (κ2) is 6.71. The molecule has 2 aromatic heterocycles. The number of phenols is 2. The number of nitrogens with zero attached hydrogens (tertiary/aromatic N) is 4. The normalized spacial score (nSPS) is 15.2. The quantitative estimate of drug-likeness (QED) is 0.488. The lowest BCUT2D eigenvalue weighted by atomic mass is 9.98. The molecular formula is C22H21FN4O4. The predicted molar refractivity (Wildman–Crippen MR) is 112 cm³/mol. The Hall–Kier alpha value is -3.59. The van der Waals surface area contributed by atoms with Crippen LogP contribution >= 0.6 is 0 Å². The number of methoxy groups -OCH3 is 1. The molecule has 0 saturated carbocycles. The van der Waals surface area contributed by atoms with Gasteiger partial charge < -0.3 is 24.3 Å². The molecule has 0 bridgehead atoms. The van der Waals surface area contributed by atoms with E-state index in [9.17, 15) is 10.2 Å². The number of aromatic hydroxyl groups is 2. The number of imidazole rings is 1. The second-order valence-electron chi connectivity index (χ2n) is 8.00. The molecule has 1 fully saturated rings. The first-order valence-electron chi connectivity index (χ1n) is 9.71. The lowest BCUT2D eigenvalue weighted by molar-refractivity contribution is -0.0868. The van der Waals surface area contributed by atoms with Gasteiger partial charge in [0.05, 0.1) is 48.7 Å². The van der Waals surface area contributed by atoms with E-state index in [1.54, 1.807) is 10.9 Å². The zero-order valence-corrected chi connectivity index (χ0v) is 17.3. The predicted octanol–water partition coefficient (Wildman–Crippen LogP) is 3.41. The summed E-state index contributed by atoms with van der Waals surface area (Å²) in [4.78, 5) is 4.68. The van der Waals surface area contributed by atoms with Gasteiger partial charge in [0, 0.05) is 18.8 Å². The van der Waals surface area contributed by atoms with Crippen molar-refractivity contribution in [2.24, 2.45) is 7.05 Å². The van der Waals surface area contributed by atoms with Crippen LogP contribution in [0.1, 0.15) is 6.92 Å². The zero-order valence-electron chi connectivity index (χ0n) is 17.3. The minimum absolute atomic E-state index is 0.0272. The maximum Gasteiger partial charge on any atom is 0.203 e. The van der Waals surface area contributed by atoms with Crippen LogP contribution in [0.3, 0.4) is 0 Å². The number of aryl methyl sites for hydroxylation is 1. The number of phenolic OH excluding ortho intramolecular Hbond substituents is 2. The van der Waals surface area contributed by atoms with Crippen molar-refractivity contribution in [2.75, 3.05) is 20.3 Å². The molecule has 4 aromatic rings. The average molecular weight is 424 g/mol. The number of hydrogen-bond acceptors (Lipinski definition) is 6. The number of rotatable bonds is 4. The first-order chi connectivity index (χ1) is 14.8. The molecule has 160 valence electrons. The van der Waals surface area contributed by atoms with Crippen molar-refractivity contribution in [1.82, 2.24) is 19.3 Å². The van der Waals surface area contributed by atoms with Crippen molar-refractivity contribution >= 4 is 11.0 Å². The fraction of sp³-hybridized carbons (Fsp3) is 0.273. The van der Waals surface area contributed by atoms with E-state index in [1.165, 1.54) is 13.2 Å². The van der Waals surface area contributed by atoms with E-state index in [4.69, 9.17) is 9.47 Å². The number of hydrogen-bond donors (Lipinski definition) is 2. The molecule has 0 radical (unpaired) electrons. The van der Waals surface area contributed by atoms with Crippen molar-refractivity contribution in [3.8, 4) is 39.8 Å². The van der Waals surface area contributed by atoms with Gasteiger partial charge in [-0.1, -0.05) is 6.07 Å². The summed E-state index contributed by atoms with van der Waals surface area (Å²) in [5.41, 5.74) is 2.94. The van der Waals surface area contributed by atoms with Gasteiger partial charge in [0.15, 0.2) is 17.3 Å². The maximum atomic E-state index is 15.1. The molecule has 2 N–H and O–H groups in total. The fourth-order valence-corrected chi connectivity index (χ4v) is 4.01. The SMILES string of the molecule is COc1cc(-c2nc3ccc(-c4cnn(C)c4)cc3n2C2(C)COC2)c(F)c(O)c1O. The summed E-state index contributed by atoms with van der Waals surface area (Å²) in [6.07, 6.45) is 3.69. The van der Waals surface area contributed by atoms with Gasteiger partial charge >= 0.3 is 0 Å². The Labute approximate surface area is 177 Å². The number of fused-ring (bicyclic) bond motifs is 1. The maximum absolute atomic E-state index is 15.1. The van der Waals surface area contributed by atoms with E-state index in [1.807, 2.05) is 42.9 Å². The number of aromatic nitrogens is 4. The highest BCUT2D eigenvalue weighted by atomic mass is 19.1. The van der Waals surface area contributed by atoms with Crippen molar-refractivity contribution in [3.05, 3.63) is 42.5 Å². The van der Waals surface area contributed by atoms with Gasteiger partial charge in [-0.05, 0) is 30.7 Å². The van der Waals surface area contributed by atoms with Gasteiger partial charge in [-0.2, -0.15) is 5.10 Å². The number of ether oxygens (including phenoxy) is 2. The van der Waals surface area contributed by atoms with Crippen LogP contribution in [0.4, 0.5) is 4.39 Å². The van der Waals surface area contributed by atoms with Crippen LogP contribution in [-0.2, 0) is 17.3 Å². The summed E-state index contributed by atoms with van der Waals surface area (Å²) in [6, 6.07) is 7.14. The van der Waals surface area contributed by atoms with Crippen LogP contribution in [0.2, 0.25) is 0 Å². The third-order valence-corrected chi connectivity index (χ3v) is 5.70. The summed E-state index contributed by atoms with van der Waals surface area (Å²) >= 11 is 0. The van der Waals surface area contributed by atoms with Crippen LogP contribution in [0.5, 0.6) is 17.2 Å². The molecule has 5 rings (SSSR count). The molecule has 2 aromatic carbocycles. The summed E-state index contributed by atoms with van der Waals surface area (Å²) in [5.74, 6) is -2.22. The summed E-state index contributed by atoms with van der Waals surface area (Å²) < 4.78 is 29.3. The number of benzene rings is 2. The topological polar surface area (TPSA) is 94.6 Å². The van der Waals surface area contributed by atoms with E-state index < -0.39 is 22.9 Å². The first kappa shape index (κ1) is 19.4. The Morgan fingerprint density at radius 1 is 1.16 bits per heavy atom. The highest BCUT2D eigenvalue weighted by Gasteiger charge is 2.39. The van der Waals surface area contributed by atoms with Gasteiger partial charge in [0.1, 0.15) is 5.82 Å². The van der Waals surface area contributed by atoms with E-state index >= 15 is 4.39 Å². The van der Waals surface area contributed by atoms with Crippen LogP contribution in [0.25, 0.3) is 33.5 Å². The molecule has 0 spiro atoms. The molecule has 9 heteroatoms. The third kappa shape index (κ3) is 2.84. The minimum atomic E-state index is -0.966. The lowest BCUT2D eigenvalue weighted by Gasteiger charge is -2.40. The molecule has 31 heavy (non-hydrogen) atoms. The summed E-state index contributed by atoms with van der Waals surface area (Å²) in [6.45, 7) is 2.88. The van der Waals surface area contributed by atoms with Crippen LogP contribution in [0, 0.1) is 5.82 Å². The summed E-state index contributed by atoms with van der Waals surface area (Å²) in [7, 11) is 3.19. The van der Waals surface area contributed by atoms with Crippen molar-refractivity contribution in [3.63, 3.8) is 0 Å². The van der Waals surface area contributed by atoms with E-state index in [-0.39, 0.29) is 11.3 Å². The molecule has 0 atom stereocenters. The molecule has 0 aliphatic carbocycles. The van der Waals surface area contributed by atoms with Gasteiger partial charge in [-0.25, -0.2) is 9.37 Å². The van der Waals surface area contributed by atoms with Gasteiger partial charge in [0.25, 0.3) is 0 Å². The molecule has 1 saturated heterocycles. The fourth-order valence-electron chi connectivity index (χ4n) is 4.01. The van der Waals surface area contributed by atoms with Crippen LogP contribution in [0.15, 0.2) is 36.7 Å². The molecule has 0 amide bonds. The summed E-state index contributed by atoms with van der Waals surface area (Å²) in [5, 5.41) is 24.3. The van der Waals surface area contributed by atoms with Gasteiger partial charge in [-0.3, -0.25) is 4.68 Å². The van der Waals surface area contributed by atoms with Crippen LogP contribution in [-0.4, -0.2) is 49.9 Å². The van der Waals surface area contributed by atoms with Crippen molar-refractivity contribution < 1.29 is 24.1 Å². The second-order valence-corrected chi connectivity index (χ2v) is 8.00. The Kier molecular flexibility index (Phi) is 4.19. The van der Waals surface area contributed by atoms with Gasteiger partial charge in [-0.15, -0.1) is 0 Å².